The summed E-state index contributed by atoms with van der Waals surface area (Å²) in [5, 5.41) is 4.12. The molecule has 2 aromatic carbocycles. The molecule has 2 aromatic heterocycles. The highest BCUT2D eigenvalue weighted by Gasteiger charge is 2.15. The van der Waals surface area contributed by atoms with Crippen LogP contribution in [0, 0.1) is 0 Å². The van der Waals surface area contributed by atoms with Crippen LogP contribution in [0.5, 0.6) is 0 Å². The van der Waals surface area contributed by atoms with Gasteiger partial charge in [0.05, 0.1) is 36.8 Å². The van der Waals surface area contributed by atoms with E-state index in [-0.39, 0.29) is 0 Å². The van der Waals surface area contributed by atoms with Crippen LogP contribution in [0.4, 0.5) is 5.95 Å². The zero-order valence-corrected chi connectivity index (χ0v) is 20.7. The van der Waals surface area contributed by atoms with Gasteiger partial charge < -0.3 is 14.5 Å². The number of anilines is 1. The van der Waals surface area contributed by atoms with Crippen LogP contribution in [0.1, 0.15) is 0 Å². The second-order valence-corrected chi connectivity index (χ2v) is 9.50. The van der Waals surface area contributed by atoms with Crippen molar-refractivity contribution in [3.05, 3.63) is 74.0 Å². The fraction of sp³-hybridized carbons (Fsp3) is 0.208. The normalized spacial score (nSPS) is 14.5. The highest BCUT2D eigenvalue weighted by atomic mass is 79.9. The Morgan fingerprint density at radius 2 is 1.73 bits per heavy atom. The molecule has 1 aliphatic heterocycles. The lowest BCUT2D eigenvalue weighted by atomic mass is 10.1. The smallest absolute Gasteiger partial charge is 0.345 e. The minimum absolute atomic E-state index is 0.383. The predicted molar refractivity (Wildman–Crippen MR) is 135 cm³/mol. The fourth-order valence-corrected chi connectivity index (χ4v) is 4.45. The minimum atomic E-state index is -0.442. The molecule has 0 bridgehead atoms. The van der Waals surface area contributed by atoms with Crippen molar-refractivity contribution in [2.75, 3.05) is 38.3 Å². The Morgan fingerprint density at radius 1 is 0.939 bits per heavy atom. The zero-order chi connectivity index (χ0) is 22.8. The van der Waals surface area contributed by atoms with Crippen molar-refractivity contribution in [3.63, 3.8) is 0 Å². The van der Waals surface area contributed by atoms with Gasteiger partial charge in [0.1, 0.15) is 5.58 Å². The van der Waals surface area contributed by atoms with E-state index >= 15 is 0 Å². The number of halogens is 2. The van der Waals surface area contributed by atoms with E-state index in [1.54, 1.807) is 6.07 Å². The van der Waals surface area contributed by atoms with Crippen LogP contribution in [0.25, 0.3) is 33.5 Å². The fourth-order valence-electron chi connectivity index (χ4n) is 3.67. The van der Waals surface area contributed by atoms with Gasteiger partial charge in [-0.25, -0.2) is 14.8 Å². The molecule has 0 unspecified atom stereocenters. The maximum absolute atomic E-state index is 12.8. The highest BCUT2D eigenvalue weighted by Crippen LogP contribution is 2.28. The van der Waals surface area contributed by atoms with E-state index in [0.29, 0.717) is 48.4 Å². The number of ether oxygens (including phenoxy) is 1. The first-order chi connectivity index (χ1) is 16.0. The lowest BCUT2D eigenvalue weighted by molar-refractivity contribution is 0.0414. The van der Waals surface area contributed by atoms with Crippen LogP contribution in [0.2, 0.25) is 0 Å². The zero-order valence-electron chi connectivity index (χ0n) is 17.6. The van der Waals surface area contributed by atoms with Gasteiger partial charge in [0, 0.05) is 33.0 Å². The van der Waals surface area contributed by atoms with Crippen molar-refractivity contribution < 1.29 is 9.15 Å². The van der Waals surface area contributed by atoms with E-state index in [0.717, 1.165) is 33.0 Å². The molecule has 33 heavy (non-hydrogen) atoms. The first-order valence-corrected chi connectivity index (χ1v) is 12.1. The van der Waals surface area contributed by atoms with Gasteiger partial charge in [-0.1, -0.05) is 44.0 Å². The molecule has 5 rings (SSSR count). The van der Waals surface area contributed by atoms with Crippen LogP contribution >= 0.6 is 31.9 Å². The minimum Gasteiger partial charge on any atom is -0.422 e. The Balaban J connectivity index is 1.58. The number of rotatable bonds is 5. The van der Waals surface area contributed by atoms with E-state index in [2.05, 4.69) is 47.1 Å². The summed E-state index contributed by atoms with van der Waals surface area (Å²) >= 11 is 7.00. The maximum atomic E-state index is 12.8. The molecular weight excluding hydrogens is 552 g/mol. The van der Waals surface area contributed by atoms with Crippen LogP contribution in [-0.2, 0) is 4.74 Å². The van der Waals surface area contributed by atoms with Crippen molar-refractivity contribution in [3.8, 4) is 22.5 Å². The molecule has 7 nitrogen and oxygen atoms in total. The van der Waals surface area contributed by atoms with Gasteiger partial charge in [-0.15, -0.1) is 0 Å². The molecule has 1 N–H and O–H groups in total. The van der Waals surface area contributed by atoms with Gasteiger partial charge in [-0.2, -0.15) is 0 Å². The molecule has 1 aliphatic rings. The molecule has 0 atom stereocenters. The topological polar surface area (TPSA) is 80.5 Å². The number of hydrogen-bond donors (Lipinski definition) is 1. The number of benzene rings is 2. The Labute approximate surface area is 207 Å². The summed E-state index contributed by atoms with van der Waals surface area (Å²) in [4.78, 5) is 24.5. The molecule has 168 valence electrons. The average Bonchev–Trinajstić information content (AvgIpc) is 2.83. The van der Waals surface area contributed by atoms with Crippen LogP contribution in [-0.4, -0.2) is 47.8 Å². The third kappa shape index (κ3) is 5.16. The van der Waals surface area contributed by atoms with Crippen molar-refractivity contribution in [2.45, 2.75) is 0 Å². The molecule has 0 aliphatic carbocycles. The summed E-state index contributed by atoms with van der Waals surface area (Å²) in [6.45, 7) is 3.69. The van der Waals surface area contributed by atoms with Crippen LogP contribution in [0.3, 0.4) is 0 Å². The SMILES string of the molecule is O=c1oc2ccc(Br)cc2cc1-c1cc(-c2cccc(Br)c2)nc(NCN2CCOCC2)n1. The Bertz CT molecular complexity index is 1370. The van der Waals surface area contributed by atoms with Gasteiger partial charge in [0.15, 0.2) is 0 Å². The Morgan fingerprint density at radius 3 is 2.55 bits per heavy atom. The second-order valence-electron chi connectivity index (χ2n) is 7.67. The van der Waals surface area contributed by atoms with E-state index < -0.39 is 5.63 Å². The largest absolute Gasteiger partial charge is 0.422 e. The van der Waals surface area contributed by atoms with E-state index in [1.807, 2.05) is 48.5 Å². The molecule has 0 saturated carbocycles. The summed E-state index contributed by atoms with van der Waals surface area (Å²) in [5.74, 6) is 0.447. The molecule has 1 saturated heterocycles. The summed E-state index contributed by atoms with van der Waals surface area (Å²) < 4.78 is 12.8. The number of nitrogens with zero attached hydrogens (tertiary/aromatic N) is 3. The first kappa shape index (κ1) is 22.2. The first-order valence-electron chi connectivity index (χ1n) is 10.5. The summed E-state index contributed by atoms with van der Waals surface area (Å²) in [7, 11) is 0. The number of nitrogens with one attached hydrogen (secondary N) is 1. The maximum Gasteiger partial charge on any atom is 0.345 e. The monoisotopic (exact) mass is 570 g/mol. The molecule has 0 spiro atoms. The summed E-state index contributed by atoms with van der Waals surface area (Å²) in [6.07, 6.45) is 0. The second kappa shape index (κ2) is 9.72. The Hall–Kier alpha value is -2.59. The third-order valence-corrected chi connectivity index (χ3v) is 6.37. The van der Waals surface area contributed by atoms with Crippen LogP contribution < -0.4 is 10.9 Å². The van der Waals surface area contributed by atoms with Crippen molar-refractivity contribution in [1.82, 2.24) is 14.9 Å². The number of hydrogen-bond acceptors (Lipinski definition) is 7. The predicted octanol–water partition coefficient (Wildman–Crippen LogP) is 5.14. The van der Waals surface area contributed by atoms with E-state index in [4.69, 9.17) is 14.1 Å². The molecule has 9 heteroatoms. The molecular formula is C24H20Br2N4O3. The standard InChI is InChI=1S/C24H20Br2N4O3/c25-17-3-1-2-15(10-17)20-13-21(29-24(28-20)27-14-30-6-8-32-9-7-30)19-12-16-11-18(26)4-5-22(16)33-23(19)31/h1-5,10-13H,6-9,14H2,(H,27,28,29). The van der Waals surface area contributed by atoms with Gasteiger partial charge in [-0.3, -0.25) is 4.90 Å². The van der Waals surface area contributed by atoms with Gasteiger partial charge in [0.25, 0.3) is 0 Å². The number of aromatic nitrogens is 2. The Kier molecular flexibility index (Phi) is 6.55. The third-order valence-electron chi connectivity index (χ3n) is 5.38. The van der Waals surface area contributed by atoms with E-state index in [9.17, 15) is 4.79 Å². The van der Waals surface area contributed by atoms with Gasteiger partial charge in [-0.05, 0) is 42.5 Å². The molecule has 1 fully saturated rings. The summed E-state index contributed by atoms with van der Waals surface area (Å²) in [6, 6.07) is 17.0. The van der Waals surface area contributed by atoms with Crippen molar-refractivity contribution >= 4 is 48.8 Å². The lowest BCUT2D eigenvalue weighted by Gasteiger charge is -2.26. The van der Waals surface area contributed by atoms with Crippen LogP contribution in [0.15, 0.2) is 72.8 Å². The average molecular weight is 572 g/mol. The number of morpholine rings is 1. The molecule has 3 heterocycles. The van der Waals surface area contributed by atoms with Crippen molar-refractivity contribution in [1.29, 1.82) is 0 Å². The summed E-state index contributed by atoms with van der Waals surface area (Å²) in [5.41, 5.74) is 2.59. The van der Waals surface area contributed by atoms with E-state index in [1.165, 1.54) is 0 Å². The van der Waals surface area contributed by atoms with Gasteiger partial charge >= 0.3 is 5.63 Å². The number of fused-ring (bicyclic) bond motifs is 1. The highest BCUT2D eigenvalue weighted by molar-refractivity contribution is 9.10. The molecule has 0 radical (unpaired) electrons. The van der Waals surface area contributed by atoms with Gasteiger partial charge in [0.2, 0.25) is 5.95 Å². The molecule has 4 aromatic rings. The molecule has 0 amide bonds. The lowest BCUT2D eigenvalue weighted by Crippen LogP contribution is -2.39. The quantitative estimate of drug-likeness (QED) is 0.332. The van der Waals surface area contributed by atoms with Crippen molar-refractivity contribution in [2.24, 2.45) is 0 Å².